The van der Waals surface area contributed by atoms with Crippen LogP contribution in [0.15, 0.2) is 23.5 Å². The molecule has 0 spiro atoms. The second kappa shape index (κ2) is 5.02. The quantitative estimate of drug-likeness (QED) is 0.578. The summed E-state index contributed by atoms with van der Waals surface area (Å²) in [5.74, 6) is -0.765. The summed E-state index contributed by atoms with van der Waals surface area (Å²) in [5, 5.41) is 23.3. The highest BCUT2D eigenvalue weighted by atomic mass is 32.2. The maximum atomic E-state index is 11.3. The highest BCUT2D eigenvalue weighted by molar-refractivity contribution is 7.89. The van der Waals surface area contributed by atoms with E-state index in [2.05, 4.69) is 10.2 Å². The summed E-state index contributed by atoms with van der Waals surface area (Å²) in [7, 11) is -2.41. The third kappa shape index (κ3) is 3.00. The molecule has 11 heteroatoms. The van der Waals surface area contributed by atoms with Crippen LogP contribution >= 0.6 is 0 Å². The van der Waals surface area contributed by atoms with Gasteiger partial charge < -0.3 is 10.1 Å². The molecule has 2 heterocycles. The summed E-state index contributed by atoms with van der Waals surface area (Å²) in [6.45, 7) is 0.280. The van der Waals surface area contributed by atoms with Gasteiger partial charge in [0.2, 0.25) is 14.9 Å². The number of sulfonamides is 1. The van der Waals surface area contributed by atoms with Crippen molar-refractivity contribution in [3.63, 3.8) is 0 Å². The SMILES string of the molecule is Cn1cc(CCn2cc(S(N)(=O)=O)c([N+](=O)[O-])n2)cn1. The van der Waals surface area contributed by atoms with E-state index in [4.69, 9.17) is 5.14 Å². The highest BCUT2D eigenvalue weighted by Crippen LogP contribution is 2.20. The predicted molar refractivity (Wildman–Crippen MR) is 67.2 cm³/mol. The van der Waals surface area contributed by atoms with Gasteiger partial charge in [0.05, 0.1) is 24.0 Å². The molecule has 2 rings (SSSR count). The van der Waals surface area contributed by atoms with Crippen molar-refractivity contribution in [2.45, 2.75) is 17.9 Å². The second-order valence-electron chi connectivity index (χ2n) is 4.15. The summed E-state index contributed by atoms with van der Waals surface area (Å²) in [6, 6.07) is 0. The number of nitrogens with zero attached hydrogens (tertiary/aromatic N) is 5. The Balaban J connectivity index is 2.23. The molecule has 0 fully saturated rings. The lowest BCUT2D eigenvalue weighted by molar-refractivity contribution is -0.392. The van der Waals surface area contributed by atoms with E-state index in [1.54, 1.807) is 24.1 Å². The molecule has 108 valence electrons. The normalized spacial score (nSPS) is 11.7. The lowest BCUT2D eigenvalue weighted by Crippen LogP contribution is -2.13. The number of hydrogen-bond donors (Lipinski definition) is 1. The van der Waals surface area contributed by atoms with E-state index in [1.807, 2.05) is 0 Å². The molecule has 0 aliphatic rings. The van der Waals surface area contributed by atoms with Crippen molar-refractivity contribution in [2.24, 2.45) is 12.2 Å². The van der Waals surface area contributed by atoms with Crippen molar-refractivity contribution < 1.29 is 13.3 Å². The number of aryl methyl sites for hydroxylation is 3. The van der Waals surface area contributed by atoms with E-state index in [0.29, 0.717) is 6.42 Å². The molecule has 0 bridgehead atoms. The monoisotopic (exact) mass is 300 g/mol. The van der Waals surface area contributed by atoms with E-state index in [9.17, 15) is 18.5 Å². The molecule has 2 N–H and O–H groups in total. The van der Waals surface area contributed by atoms with Gasteiger partial charge in [-0.1, -0.05) is 0 Å². The van der Waals surface area contributed by atoms with Crippen LogP contribution < -0.4 is 5.14 Å². The van der Waals surface area contributed by atoms with Crippen LogP contribution in [0.1, 0.15) is 5.56 Å². The Hall–Kier alpha value is -2.27. The first kappa shape index (κ1) is 14.1. The van der Waals surface area contributed by atoms with Crippen LogP contribution in [0.2, 0.25) is 0 Å². The van der Waals surface area contributed by atoms with E-state index in [-0.39, 0.29) is 6.54 Å². The minimum atomic E-state index is -4.18. The average molecular weight is 300 g/mol. The predicted octanol–water partition coefficient (Wildman–Crippen LogP) is -0.585. The zero-order valence-corrected chi connectivity index (χ0v) is 11.3. The van der Waals surface area contributed by atoms with Gasteiger partial charge in [-0.15, -0.1) is 0 Å². The van der Waals surface area contributed by atoms with Gasteiger partial charge in [-0.05, 0) is 16.9 Å². The molecule has 2 aromatic rings. The summed E-state index contributed by atoms with van der Waals surface area (Å²) in [5.41, 5.74) is 0.905. The Kier molecular flexibility index (Phi) is 3.55. The first-order valence-electron chi connectivity index (χ1n) is 5.49. The minimum Gasteiger partial charge on any atom is -0.358 e. The van der Waals surface area contributed by atoms with Gasteiger partial charge in [0.15, 0.2) is 0 Å². The first-order chi connectivity index (χ1) is 9.27. The maximum absolute atomic E-state index is 11.3. The molecule has 0 aliphatic heterocycles. The lowest BCUT2D eigenvalue weighted by atomic mass is 10.2. The molecule has 0 saturated carbocycles. The van der Waals surface area contributed by atoms with Crippen molar-refractivity contribution >= 4 is 15.8 Å². The number of hydrogen-bond acceptors (Lipinski definition) is 6. The van der Waals surface area contributed by atoms with Crippen molar-refractivity contribution in [1.29, 1.82) is 0 Å². The lowest BCUT2D eigenvalue weighted by Gasteiger charge is -1.94. The van der Waals surface area contributed by atoms with Gasteiger partial charge in [0.1, 0.15) is 0 Å². The number of aromatic nitrogens is 4. The van der Waals surface area contributed by atoms with Crippen LogP contribution in [0.25, 0.3) is 0 Å². The van der Waals surface area contributed by atoms with E-state index in [0.717, 1.165) is 11.8 Å². The molecule has 0 atom stereocenters. The standard InChI is InChI=1S/C9H12N6O4S/c1-13-5-7(4-11-13)2-3-14-6-8(20(10,18)19)9(12-14)15(16)17/h4-6H,2-3H2,1H3,(H2,10,18,19). The smallest absolute Gasteiger partial charge is 0.358 e. The van der Waals surface area contributed by atoms with Crippen LogP contribution in [0.3, 0.4) is 0 Å². The Labute approximate surface area is 114 Å². The largest absolute Gasteiger partial charge is 0.410 e. The third-order valence-electron chi connectivity index (χ3n) is 2.58. The molecule has 20 heavy (non-hydrogen) atoms. The second-order valence-corrected chi connectivity index (χ2v) is 5.68. The van der Waals surface area contributed by atoms with E-state index < -0.39 is 25.7 Å². The first-order valence-corrected chi connectivity index (χ1v) is 7.04. The van der Waals surface area contributed by atoms with Crippen LogP contribution in [-0.4, -0.2) is 32.9 Å². The fourth-order valence-electron chi connectivity index (χ4n) is 1.68. The molecular formula is C9H12N6O4S. The molecule has 10 nitrogen and oxygen atoms in total. The fraction of sp³-hybridized carbons (Fsp3) is 0.333. The van der Waals surface area contributed by atoms with Gasteiger partial charge in [-0.2, -0.15) is 9.78 Å². The highest BCUT2D eigenvalue weighted by Gasteiger charge is 2.28. The van der Waals surface area contributed by atoms with E-state index >= 15 is 0 Å². The van der Waals surface area contributed by atoms with Crippen LogP contribution in [0.4, 0.5) is 5.82 Å². The number of nitrogens with two attached hydrogens (primary N) is 1. The topological polar surface area (TPSA) is 139 Å². The zero-order valence-electron chi connectivity index (χ0n) is 10.5. The van der Waals surface area contributed by atoms with Crippen LogP contribution in [0, 0.1) is 10.1 Å². The van der Waals surface area contributed by atoms with Crippen LogP contribution in [0.5, 0.6) is 0 Å². The third-order valence-corrected chi connectivity index (χ3v) is 3.48. The zero-order chi connectivity index (χ0) is 14.9. The molecule has 0 amide bonds. The van der Waals surface area contributed by atoms with Gasteiger partial charge in [0.25, 0.3) is 0 Å². The van der Waals surface area contributed by atoms with E-state index in [1.165, 1.54) is 4.68 Å². The Bertz CT molecular complexity index is 746. The maximum Gasteiger partial charge on any atom is 0.410 e. The molecule has 0 aromatic carbocycles. The van der Waals surface area contributed by atoms with Crippen molar-refractivity contribution in [2.75, 3.05) is 0 Å². The average Bonchev–Trinajstić information content (AvgIpc) is 2.91. The number of nitro groups is 1. The number of primary sulfonamides is 1. The summed E-state index contributed by atoms with van der Waals surface area (Å²) >= 11 is 0. The van der Waals surface area contributed by atoms with Crippen LogP contribution in [-0.2, 0) is 30.0 Å². The minimum absolute atomic E-state index is 0.280. The molecular weight excluding hydrogens is 288 g/mol. The van der Waals surface area contributed by atoms with Gasteiger partial charge >= 0.3 is 5.82 Å². The molecule has 2 aromatic heterocycles. The Morgan fingerprint density at radius 2 is 2.15 bits per heavy atom. The molecule has 0 unspecified atom stereocenters. The Morgan fingerprint density at radius 3 is 2.60 bits per heavy atom. The van der Waals surface area contributed by atoms with Crippen molar-refractivity contribution in [3.05, 3.63) is 34.3 Å². The van der Waals surface area contributed by atoms with Crippen molar-refractivity contribution in [3.8, 4) is 0 Å². The fourth-order valence-corrected chi connectivity index (χ4v) is 2.32. The molecule has 0 radical (unpaired) electrons. The van der Waals surface area contributed by atoms with Gasteiger partial charge in [0, 0.05) is 13.2 Å². The molecule has 0 saturated heterocycles. The summed E-state index contributed by atoms with van der Waals surface area (Å²) < 4.78 is 25.3. The Morgan fingerprint density at radius 1 is 1.45 bits per heavy atom. The summed E-state index contributed by atoms with van der Waals surface area (Å²) in [6.07, 6.45) is 5.01. The van der Waals surface area contributed by atoms with Crippen molar-refractivity contribution in [1.82, 2.24) is 19.6 Å². The van der Waals surface area contributed by atoms with Gasteiger partial charge in [-0.3, -0.25) is 4.68 Å². The molecule has 0 aliphatic carbocycles. The summed E-state index contributed by atoms with van der Waals surface area (Å²) in [4.78, 5) is 9.29. The van der Waals surface area contributed by atoms with Gasteiger partial charge in [-0.25, -0.2) is 13.6 Å². The number of rotatable bonds is 5.